The average molecular weight is 250 g/mol. The Bertz CT molecular complexity index is 365. The number of hydrogen-bond donors (Lipinski definition) is 2. The Balaban J connectivity index is 1.89. The van der Waals surface area contributed by atoms with Gasteiger partial charge in [-0.15, -0.1) is 0 Å². The van der Waals surface area contributed by atoms with Crippen LogP contribution in [0.5, 0.6) is 0 Å². The van der Waals surface area contributed by atoms with Gasteiger partial charge in [-0.2, -0.15) is 11.8 Å². The summed E-state index contributed by atoms with van der Waals surface area (Å²) >= 11 is 1.92. The molecule has 2 nitrogen and oxygen atoms in total. The zero-order chi connectivity index (χ0) is 12.1. The molecule has 94 valence electrons. The van der Waals surface area contributed by atoms with E-state index in [1.54, 1.807) is 0 Å². The zero-order valence-electron chi connectivity index (χ0n) is 10.8. The highest BCUT2D eigenvalue weighted by Crippen LogP contribution is 2.26. The Morgan fingerprint density at radius 1 is 1.47 bits per heavy atom. The number of thioether (sulfide) groups is 1. The molecule has 1 aliphatic heterocycles. The third-order valence-electron chi connectivity index (χ3n) is 3.33. The van der Waals surface area contributed by atoms with Gasteiger partial charge in [-0.05, 0) is 42.9 Å². The van der Waals surface area contributed by atoms with Gasteiger partial charge in [0, 0.05) is 24.8 Å². The van der Waals surface area contributed by atoms with E-state index in [9.17, 15) is 0 Å². The molecule has 0 radical (unpaired) electrons. The topological polar surface area (TPSA) is 24.1 Å². The van der Waals surface area contributed by atoms with Gasteiger partial charge >= 0.3 is 0 Å². The third kappa shape index (κ3) is 3.39. The van der Waals surface area contributed by atoms with E-state index in [4.69, 9.17) is 0 Å². The first kappa shape index (κ1) is 12.8. The second-order valence-electron chi connectivity index (χ2n) is 4.69. The zero-order valence-corrected chi connectivity index (χ0v) is 11.6. The molecular weight excluding hydrogens is 228 g/mol. The number of rotatable bonds is 6. The highest BCUT2D eigenvalue weighted by atomic mass is 32.2. The van der Waals surface area contributed by atoms with Gasteiger partial charge in [-0.1, -0.05) is 18.2 Å². The number of hydrogen-bond acceptors (Lipinski definition) is 3. The van der Waals surface area contributed by atoms with E-state index in [-0.39, 0.29) is 0 Å². The minimum atomic E-state index is 0.597. The van der Waals surface area contributed by atoms with Crippen molar-refractivity contribution in [2.45, 2.75) is 32.4 Å². The first-order valence-corrected chi connectivity index (χ1v) is 7.77. The minimum absolute atomic E-state index is 0.597. The molecule has 0 aliphatic carbocycles. The van der Waals surface area contributed by atoms with Gasteiger partial charge < -0.3 is 10.6 Å². The van der Waals surface area contributed by atoms with Gasteiger partial charge in [0.15, 0.2) is 0 Å². The summed E-state index contributed by atoms with van der Waals surface area (Å²) in [5.41, 5.74) is 4.26. The third-order valence-corrected chi connectivity index (χ3v) is 3.97. The second kappa shape index (κ2) is 6.31. The molecule has 0 spiro atoms. The van der Waals surface area contributed by atoms with Gasteiger partial charge in [-0.3, -0.25) is 0 Å². The number of nitrogens with one attached hydrogen (secondary N) is 2. The lowest BCUT2D eigenvalue weighted by molar-refractivity contribution is 0.538. The van der Waals surface area contributed by atoms with Crippen molar-refractivity contribution in [1.29, 1.82) is 0 Å². The normalized spacial score (nSPS) is 15.4. The fourth-order valence-corrected chi connectivity index (χ4v) is 2.83. The molecule has 0 saturated carbocycles. The number of benzene rings is 1. The standard InChI is InChI=1S/C14H22N2S/c1-11(7-9-17-2)16-10-13-5-3-4-12-6-8-15-14(12)13/h3-5,11,15-16H,6-10H2,1-2H3. The molecule has 2 N–H and O–H groups in total. The van der Waals surface area contributed by atoms with Crippen LogP contribution in [0.3, 0.4) is 0 Å². The van der Waals surface area contributed by atoms with Crippen LogP contribution in [0.1, 0.15) is 24.5 Å². The molecule has 1 atom stereocenters. The summed E-state index contributed by atoms with van der Waals surface area (Å²) in [6, 6.07) is 7.23. The Kier molecular flexibility index (Phi) is 4.75. The molecule has 0 aromatic heterocycles. The molecule has 1 heterocycles. The maximum atomic E-state index is 3.61. The molecule has 1 aromatic carbocycles. The summed E-state index contributed by atoms with van der Waals surface area (Å²) in [5.74, 6) is 1.24. The van der Waals surface area contributed by atoms with E-state index in [2.05, 4.69) is 42.0 Å². The first-order chi connectivity index (χ1) is 8.31. The SMILES string of the molecule is CSCCC(C)NCc1cccc2c1NCC2. The van der Waals surface area contributed by atoms with Crippen LogP contribution >= 0.6 is 11.8 Å². The molecule has 0 amide bonds. The molecule has 1 aromatic rings. The number of fused-ring (bicyclic) bond motifs is 1. The van der Waals surface area contributed by atoms with Gasteiger partial charge in [0.25, 0.3) is 0 Å². The molecule has 17 heavy (non-hydrogen) atoms. The van der Waals surface area contributed by atoms with Crippen LogP contribution in [0.2, 0.25) is 0 Å². The molecule has 0 saturated heterocycles. The molecule has 1 unspecified atom stereocenters. The molecule has 0 fully saturated rings. The molecule has 3 heteroatoms. The van der Waals surface area contributed by atoms with Gasteiger partial charge in [0.2, 0.25) is 0 Å². The van der Waals surface area contributed by atoms with E-state index < -0.39 is 0 Å². The van der Waals surface area contributed by atoms with Crippen molar-refractivity contribution in [3.63, 3.8) is 0 Å². The van der Waals surface area contributed by atoms with Gasteiger partial charge in [0.05, 0.1) is 0 Å². The van der Waals surface area contributed by atoms with Crippen molar-refractivity contribution >= 4 is 17.4 Å². The highest BCUT2D eigenvalue weighted by molar-refractivity contribution is 7.98. The maximum Gasteiger partial charge on any atom is 0.0419 e. The van der Waals surface area contributed by atoms with E-state index in [1.807, 2.05) is 11.8 Å². The smallest absolute Gasteiger partial charge is 0.0419 e. The Hall–Kier alpha value is -0.670. The Morgan fingerprint density at radius 3 is 3.18 bits per heavy atom. The number of para-hydroxylation sites is 1. The monoisotopic (exact) mass is 250 g/mol. The summed E-state index contributed by atoms with van der Waals surface area (Å²) in [6.45, 7) is 4.34. The molecular formula is C14H22N2S. The summed E-state index contributed by atoms with van der Waals surface area (Å²) in [5, 5.41) is 7.10. The number of anilines is 1. The van der Waals surface area contributed by atoms with Crippen LogP contribution in [0.25, 0.3) is 0 Å². The second-order valence-corrected chi connectivity index (χ2v) is 5.68. The van der Waals surface area contributed by atoms with E-state index in [0.717, 1.165) is 13.1 Å². The lowest BCUT2D eigenvalue weighted by Gasteiger charge is -2.15. The summed E-state index contributed by atoms with van der Waals surface area (Å²) < 4.78 is 0. The van der Waals surface area contributed by atoms with Crippen molar-refractivity contribution in [2.24, 2.45) is 0 Å². The first-order valence-electron chi connectivity index (χ1n) is 6.38. The molecule has 1 aliphatic rings. The van der Waals surface area contributed by atoms with Crippen molar-refractivity contribution in [1.82, 2.24) is 5.32 Å². The predicted molar refractivity (Wildman–Crippen MR) is 77.9 cm³/mol. The van der Waals surface area contributed by atoms with Crippen LogP contribution in [0, 0.1) is 0 Å². The van der Waals surface area contributed by atoms with E-state index >= 15 is 0 Å². The Labute approximate surface area is 109 Å². The molecule has 2 rings (SSSR count). The van der Waals surface area contributed by atoms with Gasteiger partial charge in [0.1, 0.15) is 0 Å². The van der Waals surface area contributed by atoms with Gasteiger partial charge in [-0.25, -0.2) is 0 Å². The van der Waals surface area contributed by atoms with Crippen molar-refractivity contribution in [3.8, 4) is 0 Å². The maximum absolute atomic E-state index is 3.61. The van der Waals surface area contributed by atoms with Crippen molar-refractivity contribution in [2.75, 3.05) is 23.9 Å². The van der Waals surface area contributed by atoms with E-state index in [0.29, 0.717) is 6.04 Å². The Morgan fingerprint density at radius 2 is 2.35 bits per heavy atom. The predicted octanol–water partition coefficient (Wildman–Crippen LogP) is 2.89. The fraction of sp³-hybridized carbons (Fsp3) is 0.571. The van der Waals surface area contributed by atoms with Crippen LogP contribution in [0.15, 0.2) is 18.2 Å². The molecule has 0 bridgehead atoms. The van der Waals surface area contributed by atoms with Crippen molar-refractivity contribution in [3.05, 3.63) is 29.3 Å². The lowest BCUT2D eigenvalue weighted by Crippen LogP contribution is -2.26. The van der Waals surface area contributed by atoms with Crippen LogP contribution in [-0.2, 0) is 13.0 Å². The quantitative estimate of drug-likeness (QED) is 0.812. The van der Waals surface area contributed by atoms with E-state index in [1.165, 1.54) is 35.4 Å². The summed E-state index contributed by atoms with van der Waals surface area (Å²) in [4.78, 5) is 0. The van der Waals surface area contributed by atoms with Crippen molar-refractivity contribution < 1.29 is 0 Å². The summed E-state index contributed by atoms with van der Waals surface area (Å²) in [7, 11) is 0. The minimum Gasteiger partial charge on any atom is -0.384 e. The van der Waals surface area contributed by atoms with Crippen LogP contribution in [0.4, 0.5) is 5.69 Å². The largest absolute Gasteiger partial charge is 0.384 e. The lowest BCUT2D eigenvalue weighted by atomic mass is 10.1. The average Bonchev–Trinajstić information content (AvgIpc) is 2.82. The van der Waals surface area contributed by atoms with Crippen LogP contribution in [-0.4, -0.2) is 24.6 Å². The van der Waals surface area contributed by atoms with Crippen LogP contribution < -0.4 is 10.6 Å². The highest BCUT2D eigenvalue weighted by Gasteiger charge is 2.13. The summed E-state index contributed by atoms with van der Waals surface area (Å²) in [6.07, 6.45) is 4.58. The fourth-order valence-electron chi connectivity index (χ4n) is 2.24.